The summed E-state index contributed by atoms with van der Waals surface area (Å²) in [7, 11) is 0. The van der Waals surface area contributed by atoms with Crippen LogP contribution in [0.2, 0.25) is 0 Å². The highest BCUT2D eigenvalue weighted by atomic mass is 127. The summed E-state index contributed by atoms with van der Waals surface area (Å²) in [6, 6.07) is 0. The van der Waals surface area contributed by atoms with E-state index in [0.29, 0.717) is 0 Å². The standard InChI is InChI=1S/C5H7IO/c1-4-2-7-3-5(4)6/h2-3H2,1H3. The van der Waals surface area contributed by atoms with Crippen LogP contribution in [0.5, 0.6) is 0 Å². The molecule has 7 heavy (non-hydrogen) atoms. The molecule has 1 aliphatic heterocycles. The van der Waals surface area contributed by atoms with E-state index in [4.69, 9.17) is 4.74 Å². The number of halogens is 1. The predicted octanol–water partition coefficient (Wildman–Crippen LogP) is 1.73. The minimum absolute atomic E-state index is 0.840. The van der Waals surface area contributed by atoms with Gasteiger partial charge in [0.2, 0.25) is 0 Å². The van der Waals surface area contributed by atoms with E-state index in [1.807, 2.05) is 0 Å². The van der Waals surface area contributed by atoms with Gasteiger partial charge in [0, 0.05) is 3.58 Å². The van der Waals surface area contributed by atoms with Gasteiger partial charge in [-0.25, -0.2) is 0 Å². The second-order valence-electron chi connectivity index (χ2n) is 1.68. The maximum Gasteiger partial charge on any atom is 0.0778 e. The summed E-state index contributed by atoms with van der Waals surface area (Å²) < 4.78 is 6.46. The molecule has 0 amide bonds. The molecule has 0 aliphatic carbocycles. The average Bonchev–Trinajstić information content (AvgIpc) is 1.91. The Balaban J connectivity index is 2.64. The van der Waals surface area contributed by atoms with E-state index in [1.165, 1.54) is 9.15 Å². The van der Waals surface area contributed by atoms with Gasteiger partial charge in [-0.05, 0) is 35.1 Å². The number of hydrogen-bond donors (Lipinski definition) is 0. The van der Waals surface area contributed by atoms with Crippen molar-refractivity contribution in [2.24, 2.45) is 0 Å². The highest BCUT2D eigenvalue weighted by Crippen LogP contribution is 2.18. The van der Waals surface area contributed by atoms with Crippen LogP contribution in [-0.4, -0.2) is 13.2 Å². The molecule has 0 fully saturated rings. The van der Waals surface area contributed by atoms with Gasteiger partial charge in [-0.15, -0.1) is 0 Å². The van der Waals surface area contributed by atoms with Crippen LogP contribution in [0.4, 0.5) is 0 Å². The number of hydrogen-bond acceptors (Lipinski definition) is 1. The molecule has 0 atom stereocenters. The molecular weight excluding hydrogens is 203 g/mol. The van der Waals surface area contributed by atoms with Crippen molar-refractivity contribution in [3.8, 4) is 0 Å². The van der Waals surface area contributed by atoms with Crippen LogP contribution in [0.25, 0.3) is 0 Å². The third-order valence-electron chi connectivity index (χ3n) is 1.01. The molecule has 1 nitrogen and oxygen atoms in total. The Morgan fingerprint density at radius 1 is 1.57 bits per heavy atom. The summed E-state index contributed by atoms with van der Waals surface area (Å²) in [5.41, 5.74) is 1.39. The Bertz CT molecular complexity index is 94.6. The van der Waals surface area contributed by atoms with Crippen LogP contribution in [0.15, 0.2) is 9.15 Å². The van der Waals surface area contributed by atoms with E-state index in [0.717, 1.165) is 13.2 Å². The molecule has 1 rings (SSSR count). The van der Waals surface area contributed by atoms with Crippen LogP contribution >= 0.6 is 22.6 Å². The second kappa shape index (κ2) is 2.13. The first-order valence-electron chi connectivity index (χ1n) is 2.22. The molecule has 40 valence electrons. The third-order valence-corrected chi connectivity index (χ3v) is 2.24. The SMILES string of the molecule is CC1=C(I)COC1. The first-order chi connectivity index (χ1) is 3.30. The van der Waals surface area contributed by atoms with Crippen LogP contribution in [0, 0.1) is 0 Å². The maximum atomic E-state index is 5.09. The minimum Gasteiger partial charge on any atom is -0.372 e. The summed E-state index contributed by atoms with van der Waals surface area (Å²) >= 11 is 2.31. The predicted molar refractivity (Wildman–Crippen MR) is 37.5 cm³/mol. The molecule has 0 unspecified atom stereocenters. The first-order valence-corrected chi connectivity index (χ1v) is 3.30. The van der Waals surface area contributed by atoms with Crippen molar-refractivity contribution in [2.45, 2.75) is 6.92 Å². The van der Waals surface area contributed by atoms with Gasteiger partial charge in [0.15, 0.2) is 0 Å². The van der Waals surface area contributed by atoms with E-state index < -0.39 is 0 Å². The van der Waals surface area contributed by atoms with Crippen molar-refractivity contribution in [3.63, 3.8) is 0 Å². The summed E-state index contributed by atoms with van der Waals surface area (Å²) in [6.07, 6.45) is 0. The molecule has 0 aromatic heterocycles. The van der Waals surface area contributed by atoms with Gasteiger partial charge < -0.3 is 4.74 Å². The van der Waals surface area contributed by atoms with E-state index in [2.05, 4.69) is 29.5 Å². The molecule has 0 saturated heterocycles. The molecule has 2 heteroatoms. The maximum absolute atomic E-state index is 5.09. The van der Waals surface area contributed by atoms with Crippen molar-refractivity contribution in [3.05, 3.63) is 9.15 Å². The molecule has 0 bridgehead atoms. The minimum atomic E-state index is 0.840. The molecule has 0 aromatic carbocycles. The second-order valence-corrected chi connectivity index (χ2v) is 2.98. The molecule has 0 radical (unpaired) electrons. The largest absolute Gasteiger partial charge is 0.372 e. The van der Waals surface area contributed by atoms with Crippen molar-refractivity contribution < 1.29 is 4.74 Å². The fourth-order valence-electron chi connectivity index (χ4n) is 0.495. The summed E-state index contributed by atoms with van der Waals surface area (Å²) in [5, 5.41) is 0. The smallest absolute Gasteiger partial charge is 0.0778 e. The highest BCUT2D eigenvalue weighted by Gasteiger charge is 2.05. The van der Waals surface area contributed by atoms with Gasteiger partial charge in [0.05, 0.1) is 13.2 Å². The van der Waals surface area contributed by atoms with E-state index >= 15 is 0 Å². The third kappa shape index (κ3) is 1.16. The Hall–Kier alpha value is 0.430. The summed E-state index contributed by atoms with van der Waals surface area (Å²) in [4.78, 5) is 0. The monoisotopic (exact) mass is 210 g/mol. The van der Waals surface area contributed by atoms with E-state index in [9.17, 15) is 0 Å². The van der Waals surface area contributed by atoms with E-state index in [-0.39, 0.29) is 0 Å². The lowest BCUT2D eigenvalue weighted by molar-refractivity contribution is 0.208. The molecular formula is C5H7IO. The van der Waals surface area contributed by atoms with Crippen LogP contribution in [-0.2, 0) is 4.74 Å². The molecule has 0 spiro atoms. The van der Waals surface area contributed by atoms with E-state index in [1.54, 1.807) is 0 Å². The van der Waals surface area contributed by atoms with Gasteiger partial charge in [-0.1, -0.05) is 0 Å². The first kappa shape index (κ1) is 5.56. The van der Waals surface area contributed by atoms with Gasteiger partial charge in [-0.2, -0.15) is 0 Å². The summed E-state index contributed by atoms with van der Waals surface area (Å²) in [6.45, 7) is 3.79. The van der Waals surface area contributed by atoms with Gasteiger partial charge in [0.1, 0.15) is 0 Å². The normalized spacial score (nSPS) is 21.4. The molecule has 0 saturated carbocycles. The Morgan fingerprint density at radius 3 is 2.43 bits per heavy atom. The zero-order chi connectivity index (χ0) is 5.28. The molecule has 0 aromatic rings. The van der Waals surface area contributed by atoms with Crippen LogP contribution in [0.1, 0.15) is 6.92 Å². The lowest BCUT2D eigenvalue weighted by Crippen LogP contribution is -1.81. The fourth-order valence-corrected chi connectivity index (χ4v) is 0.871. The highest BCUT2D eigenvalue weighted by molar-refractivity contribution is 14.1. The van der Waals surface area contributed by atoms with Gasteiger partial charge in [-0.3, -0.25) is 0 Å². The summed E-state index contributed by atoms with van der Waals surface area (Å²) in [5.74, 6) is 0. The number of ether oxygens (including phenoxy) is 1. The lowest BCUT2D eigenvalue weighted by Gasteiger charge is -1.82. The van der Waals surface area contributed by atoms with Gasteiger partial charge in [0.25, 0.3) is 0 Å². The lowest BCUT2D eigenvalue weighted by atomic mass is 10.3. The molecule has 1 heterocycles. The zero-order valence-electron chi connectivity index (χ0n) is 4.20. The fraction of sp³-hybridized carbons (Fsp3) is 0.600. The Kier molecular flexibility index (Phi) is 1.69. The van der Waals surface area contributed by atoms with Crippen LogP contribution in [0.3, 0.4) is 0 Å². The Labute approximate surface area is 56.9 Å². The quantitative estimate of drug-likeness (QED) is 0.553. The zero-order valence-corrected chi connectivity index (χ0v) is 6.36. The average molecular weight is 210 g/mol. The van der Waals surface area contributed by atoms with Crippen molar-refractivity contribution in [1.29, 1.82) is 0 Å². The van der Waals surface area contributed by atoms with Crippen molar-refractivity contribution in [1.82, 2.24) is 0 Å². The van der Waals surface area contributed by atoms with Crippen molar-refractivity contribution >= 4 is 22.6 Å². The Morgan fingerprint density at radius 2 is 2.29 bits per heavy atom. The number of rotatable bonds is 0. The molecule has 0 N–H and O–H groups in total. The molecule has 1 aliphatic rings. The topological polar surface area (TPSA) is 9.23 Å². The van der Waals surface area contributed by atoms with Crippen LogP contribution < -0.4 is 0 Å². The van der Waals surface area contributed by atoms with Crippen molar-refractivity contribution in [2.75, 3.05) is 13.2 Å². The van der Waals surface area contributed by atoms with Gasteiger partial charge >= 0.3 is 0 Å².